The van der Waals surface area contributed by atoms with Gasteiger partial charge in [-0.25, -0.2) is 9.18 Å². The van der Waals surface area contributed by atoms with Gasteiger partial charge in [-0.3, -0.25) is 19.1 Å². The Morgan fingerprint density at radius 3 is 2.64 bits per heavy atom. The van der Waals surface area contributed by atoms with Crippen LogP contribution in [0.2, 0.25) is 5.02 Å². The van der Waals surface area contributed by atoms with E-state index in [1.807, 2.05) is 0 Å². The van der Waals surface area contributed by atoms with E-state index in [0.717, 1.165) is 5.56 Å². The fourth-order valence-electron chi connectivity index (χ4n) is 3.25. The number of carbonyl (C=O) groups excluding carboxylic acids is 2. The molecule has 11 heteroatoms. The lowest BCUT2D eigenvalue weighted by molar-refractivity contribution is -0.145. The fourth-order valence-corrected chi connectivity index (χ4v) is 3.42. The lowest BCUT2D eigenvalue weighted by Gasteiger charge is -2.21. The van der Waals surface area contributed by atoms with Crippen molar-refractivity contribution < 1.29 is 23.2 Å². The standard InChI is InChI=1S/C22H22ClFN4O5/c1-2-32-21(30)18(25)11-15(26-20(29)19-27-22(31)33-28-19)9-12-3-5-13(6-4-12)16-10-14(23)7-8-17(16)24/h3-8,10,15,18H,2,9,11,25H2,1H3,(H,26,29)(H,27,28,31)/t15-,18-/m1/s1. The molecule has 0 spiro atoms. The maximum absolute atomic E-state index is 14.2. The second kappa shape index (κ2) is 10.9. The molecule has 1 aromatic heterocycles. The van der Waals surface area contributed by atoms with Gasteiger partial charge in [0.1, 0.15) is 11.9 Å². The smallest absolute Gasteiger partial charge is 0.439 e. The van der Waals surface area contributed by atoms with Crippen LogP contribution in [0.3, 0.4) is 0 Å². The quantitative estimate of drug-likeness (QED) is 0.403. The number of esters is 1. The van der Waals surface area contributed by atoms with Crippen LogP contribution in [0.5, 0.6) is 0 Å². The third-order valence-corrected chi connectivity index (χ3v) is 5.03. The van der Waals surface area contributed by atoms with E-state index in [-0.39, 0.29) is 18.9 Å². The van der Waals surface area contributed by atoms with E-state index in [9.17, 15) is 18.8 Å². The number of aromatic amines is 1. The number of amides is 1. The normalized spacial score (nSPS) is 12.7. The first kappa shape index (κ1) is 24.1. The summed E-state index contributed by atoms with van der Waals surface area (Å²) >= 11 is 5.97. The number of nitrogens with zero attached hydrogens (tertiary/aromatic N) is 1. The van der Waals surface area contributed by atoms with E-state index in [1.54, 1.807) is 31.2 Å². The number of hydrogen-bond acceptors (Lipinski definition) is 7. The third-order valence-electron chi connectivity index (χ3n) is 4.79. The highest BCUT2D eigenvalue weighted by Crippen LogP contribution is 2.26. The van der Waals surface area contributed by atoms with Gasteiger partial charge in [-0.05, 0) is 54.2 Å². The minimum atomic E-state index is -0.980. The van der Waals surface area contributed by atoms with Gasteiger partial charge in [0.15, 0.2) is 0 Å². The van der Waals surface area contributed by atoms with Gasteiger partial charge in [-0.15, -0.1) is 0 Å². The Kier molecular flexibility index (Phi) is 7.96. The molecule has 9 nitrogen and oxygen atoms in total. The number of halogens is 2. The summed E-state index contributed by atoms with van der Waals surface area (Å²) in [4.78, 5) is 37.7. The van der Waals surface area contributed by atoms with Crippen LogP contribution >= 0.6 is 11.6 Å². The molecule has 2 atom stereocenters. The molecule has 0 radical (unpaired) electrons. The summed E-state index contributed by atoms with van der Waals surface area (Å²) in [5.41, 5.74) is 7.71. The summed E-state index contributed by atoms with van der Waals surface area (Å²) < 4.78 is 23.4. The molecule has 0 aliphatic rings. The molecule has 0 saturated heterocycles. The van der Waals surface area contributed by atoms with E-state index in [1.165, 1.54) is 18.2 Å². The number of rotatable bonds is 9. The lowest BCUT2D eigenvalue weighted by Crippen LogP contribution is -2.44. The van der Waals surface area contributed by atoms with Crippen molar-refractivity contribution in [2.24, 2.45) is 5.73 Å². The van der Waals surface area contributed by atoms with Crippen LogP contribution in [0.15, 0.2) is 51.8 Å². The molecule has 0 fully saturated rings. The molecule has 3 rings (SSSR count). The maximum Gasteiger partial charge on any atom is 0.439 e. The molecule has 0 aliphatic carbocycles. The third kappa shape index (κ3) is 6.50. The SMILES string of the molecule is CCOC(=O)[C@H](N)C[C@@H](Cc1ccc(-c2cc(Cl)ccc2F)cc1)NC(=O)c1noc(=O)[nH]1. The summed E-state index contributed by atoms with van der Waals surface area (Å²) in [6.07, 6.45) is 0.358. The first-order chi connectivity index (χ1) is 15.8. The summed E-state index contributed by atoms with van der Waals surface area (Å²) in [5, 5.41) is 6.46. The van der Waals surface area contributed by atoms with E-state index in [0.29, 0.717) is 22.6 Å². The zero-order valence-corrected chi connectivity index (χ0v) is 18.4. The van der Waals surface area contributed by atoms with Crippen LogP contribution in [-0.2, 0) is 16.0 Å². The van der Waals surface area contributed by atoms with Crippen LogP contribution in [0.1, 0.15) is 29.5 Å². The summed E-state index contributed by atoms with van der Waals surface area (Å²) in [7, 11) is 0. The second-order valence-electron chi connectivity index (χ2n) is 7.23. The largest absolute Gasteiger partial charge is 0.465 e. The van der Waals surface area contributed by atoms with Crippen molar-refractivity contribution in [1.29, 1.82) is 0 Å². The molecule has 0 unspecified atom stereocenters. The van der Waals surface area contributed by atoms with Crippen LogP contribution in [0.25, 0.3) is 11.1 Å². The summed E-state index contributed by atoms with van der Waals surface area (Å²) in [6, 6.07) is 9.70. The maximum atomic E-state index is 14.2. The fraction of sp³-hybridized carbons (Fsp3) is 0.273. The van der Waals surface area contributed by atoms with Crippen molar-refractivity contribution in [2.45, 2.75) is 31.8 Å². The highest BCUT2D eigenvalue weighted by atomic mass is 35.5. The van der Waals surface area contributed by atoms with Crippen LogP contribution < -0.4 is 16.8 Å². The van der Waals surface area contributed by atoms with E-state index < -0.39 is 35.5 Å². The monoisotopic (exact) mass is 476 g/mol. The first-order valence-electron chi connectivity index (χ1n) is 10.1. The molecule has 4 N–H and O–H groups in total. The average Bonchev–Trinajstić information content (AvgIpc) is 3.22. The van der Waals surface area contributed by atoms with Crippen molar-refractivity contribution in [2.75, 3.05) is 6.61 Å². The molecule has 2 aromatic carbocycles. The molecule has 33 heavy (non-hydrogen) atoms. The lowest BCUT2D eigenvalue weighted by atomic mass is 9.97. The Bertz CT molecular complexity index is 1180. The predicted octanol–water partition coefficient (Wildman–Crippen LogP) is 2.44. The molecule has 0 aliphatic heterocycles. The van der Waals surface area contributed by atoms with Crippen LogP contribution in [0, 0.1) is 5.82 Å². The molecule has 0 saturated carbocycles. The second-order valence-corrected chi connectivity index (χ2v) is 7.67. The number of hydrogen-bond donors (Lipinski definition) is 3. The number of H-pyrrole nitrogens is 1. The van der Waals surface area contributed by atoms with Gasteiger partial charge in [-0.1, -0.05) is 35.9 Å². The topological polar surface area (TPSA) is 140 Å². The van der Waals surface area contributed by atoms with Crippen molar-refractivity contribution in [1.82, 2.24) is 15.5 Å². The Hall–Kier alpha value is -3.50. The molecular formula is C22H22ClFN4O5. The van der Waals surface area contributed by atoms with Crippen molar-refractivity contribution in [3.8, 4) is 11.1 Å². The summed E-state index contributed by atoms with van der Waals surface area (Å²) in [6.45, 7) is 1.83. The molecule has 1 amide bonds. The Balaban J connectivity index is 1.78. The average molecular weight is 477 g/mol. The van der Waals surface area contributed by atoms with Crippen molar-refractivity contribution in [3.05, 3.63) is 75.2 Å². The number of nitrogens with one attached hydrogen (secondary N) is 2. The van der Waals surface area contributed by atoms with E-state index >= 15 is 0 Å². The summed E-state index contributed by atoms with van der Waals surface area (Å²) in [5.74, 6) is -2.87. The van der Waals surface area contributed by atoms with E-state index in [4.69, 9.17) is 22.1 Å². The highest BCUT2D eigenvalue weighted by Gasteiger charge is 2.24. The number of benzene rings is 2. The number of carbonyl (C=O) groups is 2. The van der Waals surface area contributed by atoms with E-state index in [2.05, 4.69) is 20.0 Å². The van der Waals surface area contributed by atoms with Gasteiger partial charge in [0, 0.05) is 16.6 Å². The van der Waals surface area contributed by atoms with Gasteiger partial charge in [0.05, 0.1) is 6.61 Å². The number of ether oxygens (including phenoxy) is 1. The van der Waals surface area contributed by atoms with Gasteiger partial charge in [0.25, 0.3) is 5.91 Å². The van der Waals surface area contributed by atoms with Gasteiger partial charge in [-0.2, -0.15) is 0 Å². The minimum absolute atomic E-state index is 0.0668. The van der Waals surface area contributed by atoms with Crippen LogP contribution in [-0.4, -0.2) is 40.7 Å². The minimum Gasteiger partial charge on any atom is -0.465 e. The van der Waals surface area contributed by atoms with Crippen LogP contribution in [0.4, 0.5) is 4.39 Å². The number of nitrogens with two attached hydrogens (primary N) is 1. The Morgan fingerprint density at radius 1 is 1.27 bits per heavy atom. The van der Waals surface area contributed by atoms with Gasteiger partial charge in [0.2, 0.25) is 5.82 Å². The Morgan fingerprint density at radius 2 is 2.00 bits per heavy atom. The van der Waals surface area contributed by atoms with Crippen molar-refractivity contribution in [3.63, 3.8) is 0 Å². The molecule has 3 aromatic rings. The zero-order valence-electron chi connectivity index (χ0n) is 17.6. The molecule has 1 heterocycles. The molecule has 174 valence electrons. The molecule has 0 bridgehead atoms. The van der Waals surface area contributed by atoms with Gasteiger partial charge >= 0.3 is 11.7 Å². The van der Waals surface area contributed by atoms with Crippen molar-refractivity contribution >= 4 is 23.5 Å². The highest BCUT2D eigenvalue weighted by molar-refractivity contribution is 6.30. The Labute approximate surface area is 193 Å². The first-order valence-corrected chi connectivity index (χ1v) is 10.5. The van der Waals surface area contributed by atoms with Gasteiger partial charge < -0.3 is 15.8 Å². The number of aromatic nitrogens is 2. The predicted molar refractivity (Wildman–Crippen MR) is 118 cm³/mol. The zero-order chi connectivity index (χ0) is 24.0. The molecular weight excluding hydrogens is 455 g/mol.